The summed E-state index contributed by atoms with van der Waals surface area (Å²) in [5.41, 5.74) is 0. The van der Waals surface area contributed by atoms with E-state index in [0.717, 1.165) is 0 Å². The third-order valence-corrected chi connectivity index (χ3v) is 3.17. The number of hydrogen-bond acceptors (Lipinski definition) is 6. The molecule has 2 aliphatic rings. The van der Waals surface area contributed by atoms with E-state index in [1.54, 1.807) is 20.8 Å². The lowest BCUT2D eigenvalue weighted by Gasteiger charge is -2.26. The second kappa shape index (κ2) is 5.36. The van der Waals surface area contributed by atoms with Gasteiger partial charge in [0, 0.05) is 6.42 Å². The maximum atomic E-state index is 11.9. The fraction of sp³-hybridized carbons (Fsp3) is 0.923. The summed E-state index contributed by atoms with van der Waals surface area (Å²) in [6.45, 7) is 8.58. The summed E-state index contributed by atoms with van der Waals surface area (Å²) < 4.78 is 27.5. The van der Waals surface area contributed by atoms with Gasteiger partial charge in [0.1, 0.15) is 6.10 Å². The van der Waals surface area contributed by atoms with Crippen molar-refractivity contribution in [3.63, 3.8) is 0 Å². The van der Waals surface area contributed by atoms with Gasteiger partial charge in [-0.05, 0) is 27.7 Å². The van der Waals surface area contributed by atoms with E-state index >= 15 is 0 Å². The quantitative estimate of drug-likeness (QED) is 0.718. The van der Waals surface area contributed by atoms with Gasteiger partial charge in [-0.15, -0.1) is 0 Å². The molecule has 110 valence electrons. The molecule has 0 aromatic rings. The largest absolute Gasteiger partial charge is 0.464 e. The molecule has 2 atom stereocenters. The van der Waals surface area contributed by atoms with Gasteiger partial charge in [0.25, 0.3) is 0 Å². The second-order valence-corrected chi connectivity index (χ2v) is 5.38. The summed E-state index contributed by atoms with van der Waals surface area (Å²) in [7, 11) is 0. The van der Waals surface area contributed by atoms with Crippen LogP contribution < -0.4 is 0 Å². The van der Waals surface area contributed by atoms with Crippen LogP contribution in [0.15, 0.2) is 0 Å². The zero-order valence-corrected chi connectivity index (χ0v) is 11.9. The van der Waals surface area contributed by atoms with E-state index in [1.165, 1.54) is 0 Å². The molecule has 0 bridgehead atoms. The average Bonchev–Trinajstić information content (AvgIpc) is 2.83. The van der Waals surface area contributed by atoms with Gasteiger partial charge in [-0.1, -0.05) is 0 Å². The Hall–Kier alpha value is -0.690. The van der Waals surface area contributed by atoms with Crippen LogP contribution in [-0.2, 0) is 28.5 Å². The fourth-order valence-electron chi connectivity index (χ4n) is 2.45. The zero-order valence-electron chi connectivity index (χ0n) is 11.9. The molecule has 0 aliphatic carbocycles. The number of rotatable bonds is 4. The van der Waals surface area contributed by atoms with E-state index in [-0.39, 0.29) is 0 Å². The smallest absolute Gasteiger partial charge is 0.338 e. The lowest BCUT2D eigenvalue weighted by Crippen LogP contribution is -2.39. The van der Waals surface area contributed by atoms with Gasteiger partial charge < -0.3 is 23.7 Å². The molecule has 0 N–H and O–H groups in total. The lowest BCUT2D eigenvalue weighted by molar-refractivity contribution is -0.182. The van der Waals surface area contributed by atoms with Crippen LogP contribution >= 0.6 is 0 Å². The van der Waals surface area contributed by atoms with Crippen molar-refractivity contribution in [3.05, 3.63) is 0 Å². The minimum Gasteiger partial charge on any atom is -0.464 e. The molecule has 2 heterocycles. The molecule has 6 nitrogen and oxygen atoms in total. The Morgan fingerprint density at radius 3 is 2.42 bits per heavy atom. The molecular weight excluding hydrogens is 252 g/mol. The van der Waals surface area contributed by atoms with Gasteiger partial charge in [0.2, 0.25) is 0 Å². The third kappa shape index (κ3) is 3.45. The van der Waals surface area contributed by atoms with Crippen molar-refractivity contribution in [1.82, 2.24) is 0 Å². The molecule has 0 saturated carbocycles. The Morgan fingerprint density at radius 1 is 1.21 bits per heavy atom. The van der Waals surface area contributed by atoms with Crippen molar-refractivity contribution < 1.29 is 28.5 Å². The lowest BCUT2D eigenvalue weighted by atomic mass is 10.1. The van der Waals surface area contributed by atoms with Crippen molar-refractivity contribution in [2.24, 2.45) is 0 Å². The Morgan fingerprint density at radius 2 is 1.84 bits per heavy atom. The van der Waals surface area contributed by atoms with Gasteiger partial charge in [-0.2, -0.15) is 0 Å². The molecule has 2 aliphatic heterocycles. The number of esters is 1. The van der Waals surface area contributed by atoms with E-state index in [1.807, 2.05) is 6.92 Å². The van der Waals surface area contributed by atoms with Crippen molar-refractivity contribution >= 4 is 5.97 Å². The van der Waals surface area contributed by atoms with E-state index in [4.69, 9.17) is 23.7 Å². The maximum Gasteiger partial charge on any atom is 0.338 e. The Kier molecular flexibility index (Phi) is 4.15. The molecule has 0 spiro atoms. The first-order valence-electron chi connectivity index (χ1n) is 6.65. The summed E-state index contributed by atoms with van der Waals surface area (Å²) in [6.07, 6.45) is -0.739. The molecular formula is C13H22O6. The first kappa shape index (κ1) is 14.7. The van der Waals surface area contributed by atoms with E-state index in [2.05, 4.69) is 0 Å². The van der Waals surface area contributed by atoms with E-state index in [9.17, 15) is 4.79 Å². The monoisotopic (exact) mass is 274 g/mol. The highest BCUT2D eigenvalue weighted by atomic mass is 16.8. The molecule has 0 amide bonds. The minimum atomic E-state index is -0.808. The minimum absolute atomic E-state index is 0.316. The van der Waals surface area contributed by atoms with Crippen LogP contribution in [0.3, 0.4) is 0 Å². The molecule has 0 aromatic carbocycles. The standard InChI is InChI=1S/C13H22O6/c1-5-15-11(14)10-9(18-12(2,3)19-10)8-13(4)16-6-7-17-13/h9-10H,5-8H2,1-4H3/t9-,10+/m1/s1. The predicted molar refractivity (Wildman–Crippen MR) is 65.4 cm³/mol. The predicted octanol–water partition coefficient (Wildman–Crippen LogP) is 1.22. The van der Waals surface area contributed by atoms with Crippen molar-refractivity contribution in [3.8, 4) is 0 Å². The van der Waals surface area contributed by atoms with Crippen LogP contribution in [0.2, 0.25) is 0 Å². The number of carbonyl (C=O) groups excluding carboxylic acids is 1. The summed E-state index contributed by atoms with van der Waals surface area (Å²) >= 11 is 0. The topological polar surface area (TPSA) is 63.2 Å². The van der Waals surface area contributed by atoms with Crippen molar-refractivity contribution in [2.75, 3.05) is 19.8 Å². The Bertz CT molecular complexity index is 334. The Labute approximate surface area is 113 Å². The van der Waals surface area contributed by atoms with Crippen LogP contribution in [0, 0.1) is 0 Å². The molecule has 0 radical (unpaired) electrons. The molecule has 6 heteroatoms. The zero-order chi connectivity index (χ0) is 14.1. The third-order valence-electron chi connectivity index (χ3n) is 3.17. The van der Waals surface area contributed by atoms with Crippen LogP contribution in [0.4, 0.5) is 0 Å². The second-order valence-electron chi connectivity index (χ2n) is 5.38. The number of carbonyl (C=O) groups is 1. The van der Waals surface area contributed by atoms with E-state index < -0.39 is 29.8 Å². The number of ether oxygens (including phenoxy) is 5. The molecule has 0 unspecified atom stereocenters. The van der Waals surface area contributed by atoms with Crippen molar-refractivity contribution in [2.45, 2.75) is 57.9 Å². The van der Waals surface area contributed by atoms with Crippen LogP contribution in [0.1, 0.15) is 34.1 Å². The van der Waals surface area contributed by atoms with Gasteiger partial charge in [-0.25, -0.2) is 4.79 Å². The van der Waals surface area contributed by atoms with Crippen molar-refractivity contribution in [1.29, 1.82) is 0 Å². The van der Waals surface area contributed by atoms with Gasteiger partial charge in [0.15, 0.2) is 17.7 Å². The van der Waals surface area contributed by atoms with Gasteiger partial charge >= 0.3 is 5.97 Å². The molecule has 2 fully saturated rings. The molecule has 2 saturated heterocycles. The molecule has 2 rings (SSSR count). The summed E-state index contributed by atoms with van der Waals surface area (Å²) in [6, 6.07) is 0. The first-order chi connectivity index (χ1) is 8.85. The molecule has 0 aromatic heterocycles. The average molecular weight is 274 g/mol. The summed E-state index contributed by atoms with van der Waals surface area (Å²) in [5, 5.41) is 0. The normalized spacial score (nSPS) is 32.4. The van der Waals surface area contributed by atoms with E-state index in [0.29, 0.717) is 26.2 Å². The highest BCUT2D eigenvalue weighted by molar-refractivity contribution is 5.75. The van der Waals surface area contributed by atoms with Crippen LogP contribution in [0.5, 0.6) is 0 Å². The highest BCUT2D eigenvalue weighted by Gasteiger charge is 2.49. The fourth-order valence-corrected chi connectivity index (χ4v) is 2.45. The van der Waals surface area contributed by atoms with Crippen LogP contribution in [0.25, 0.3) is 0 Å². The highest BCUT2D eigenvalue weighted by Crippen LogP contribution is 2.35. The Balaban J connectivity index is 2.05. The van der Waals surface area contributed by atoms with Gasteiger partial charge in [-0.3, -0.25) is 0 Å². The van der Waals surface area contributed by atoms with Crippen LogP contribution in [-0.4, -0.2) is 49.6 Å². The first-order valence-corrected chi connectivity index (χ1v) is 6.65. The summed E-state index contributed by atoms with van der Waals surface area (Å²) in [4.78, 5) is 11.9. The SMILES string of the molecule is CCOC(=O)[C@H]1OC(C)(C)O[C@@H]1CC1(C)OCCO1. The maximum absolute atomic E-state index is 11.9. The molecule has 19 heavy (non-hydrogen) atoms. The summed E-state index contributed by atoms with van der Waals surface area (Å²) in [5.74, 6) is -1.93. The number of hydrogen-bond donors (Lipinski definition) is 0. The van der Waals surface area contributed by atoms with Gasteiger partial charge in [0.05, 0.1) is 19.8 Å².